The molecule has 0 aliphatic carbocycles. The minimum Gasteiger partial charge on any atom is -0.430 e. The zero-order chi connectivity index (χ0) is 10.7. The predicted octanol–water partition coefficient (Wildman–Crippen LogP) is 2.96. The van der Waals surface area contributed by atoms with Gasteiger partial charge in [-0.3, -0.25) is 0 Å². The Morgan fingerprint density at radius 2 is 2.00 bits per heavy atom. The zero-order valence-electron chi connectivity index (χ0n) is 7.35. The van der Waals surface area contributed by atoms with Crippen molar-refractivity contribution in [3.63, 3.8) is 0 Å². The number of hydrogen-bond donors (Lipinski definition) is 0. The maximum atomic E-state index is 8.60. The summed E-state index contributed by atoms with van der Waals surface area (Å²) in [5, 5.41) is 16.6. The van der Waals surface area contributed by atoms with E-state index in [-0.39, 0.29) is 0 Å². The summed E-state index contributed by atoms with van der Waals surface area (Å²) in [5.41, 5.74) is 0.598. The third kappa shape index (κ3) is 2.52. The van der Waals surface area contributed by atoms with Crippen LogP contribution in [0.1, 0.15) is 5.56 Å². The molecule has 1 heterocycles. The standard InChI is InChI=1S/C9H4BrN3OS/c10-8-12-13-9(15-8)14-7-3-1-6(5-11)2-4-7/h1-4H. The SMILES string of the molecule is N#Cc1ccc(Oc2nnc(Br)s2)cc1. The second-order valence-electron chi connectivity index (χ2n) is 2.56. The molecule has 4 nitrogen and oxygen atoms in total. The van der Waals surface area contributed by atoms with Gasteiger partial charge in [0.15, 0.2) is 3.92 Å². The highest BCUT2D eigenvalue weighted by atomic mass is 79.9. The van der Waals surface area contributed by atoms with E-state index in [0.29, 0.717) is 20.4 Å². The summed E-state index contributed by atoms with van der Waals surface area (Å²) < 4.78 is 6.08. The highest BCUT2D eigenvalue weighted by Crippen LogP contribution is 2.27. The molecule has 0 saturated heterocycles. The van der Waals surface area contributed by atoms with Crippen LogP contribution in [0.4, 0.5) is 0 Å². The minimum atomic E-state index is 0.464. The predicted molar refractivity (Wildman–Crippen MR) is 58.8 cm³/mol. The van der Waals surface area contributed by atoms with Gasteiger partial charge in [0.1, 0.15) is 5.75 Å². The summed E-state index contributed by atoms with van der Waals surface area (Å²) in [4.78, 5) is 0. The zero-order valence-corrected chi connectivity index (χ0v) is 9.75. The second-order valence-corrected chi connectivity index (χ2v) is 4.78. The number of benzene rings is 1. The molecule has 0 fully saturated rings. The fraction of sp³-hybridized carbons (Fsp3) is 0. The molecule has 0 unspecified atom stereocenters. The van der Waals surface area contributed by atoms with Crippen LogP contribution in [0.2, 0.25) is 0 Å². The van der Waals surface area contributed by atoms with Gasteiger partial charge in [-0.1, -0.05) is 5.10 Å². The van der Waals surface area contributed by atoms with Gasteiger partial charge in [0.05, 0.1) is 11.6 Å². The molecule has 0 spiro atoms. The van der Waals surface area contributed by atoms with Crippen LogP contribution in [-0.4, -0.2) is 10.2 Å². The van der Waals surface area contributed by atoms with E-state index in [1.54, 1.807) is 24.3 Å². The molecule has 6 heteroatoms. The first-order chi connectivity index (χ1) is 7.28. The van der Waals surface area contributed by atoms with Crippen LogP contribution in [0.5, 0.6) is 10.9 Å². The first-order valence-electron chi connectivity index (χ1n) is 3.95. The summed E-state index contributed by atoms with van der Waals surface area (Å²) in [7, 11) is 0. The lowest BCUT2D eigenvalue weighted by Crippen LogP contribution is -1.83. The van der Waals surface area contributed by atoms with Gasteiger partial charge in [-0.2, -0.15) is 5.26 Å². The average Bonchev–Trinajstić information content (AvgIpc) is 2.65. The topological polar surface area (TPSA) is 58.8 Å². The molecule has 0 N–H and O–H groups in total. The van der Waals surface area contributed by atoms with Crippen LogP contribution in [0.15, 0.2) is 28.2 Å². The summed E-state index contributed by atoms with van der Waals surface area (Å²) in [6, 6.07) is 8.84. The smallest absolute Gasteiger partial charge is 0.300 e. The third-order valence-corrected chi connectivity index (χ3v) is 2.80. The molecular weight excluding hydrogens is 278 g/mol. The second kappa shape index (κ2) is 4.38. The van der Waals surface area contributed by atoms with Gasteiger partial charge in [0, 0.05) is 0 Å². The van der Waals surface area contributed by atoms with E-state index in [1.165, 1.54) is 11.3 Å². The molecular formula is C9H4BrN3OS. The van der Waals surface area contributed by atoms with Crippen molar-refractivity contribution < 1.29 is 4.74 Å². The van der Waals surface area contributed by atoms with Crippen molar-refractivity contribution in [2.45, 2.75) is 0 Å². The van der Waals surface area contributed by atoms with Crippen molar-refractivity contribution in [3.05, 3.63) is 33.7 Å². The highest BCUT2D eigenvalue weighted by Gasteiger charge is 2.03. The van der Waals surface area contributed by atoms with Gasteiger partial charge in [0.2, 0.25) is 0 Å². The van der Waals surface area contributed by atoms with Gasteiger partial charge in [-0.25, -0.2) is 0 Å². The highest BCUT2D eigenvalue weighted by molar-refractivity contribution is 9.11. The number of rotatable bonds is 2. The van der Waals surface area contributed by atoms with E-state index >= 15 is 0 Å². The Morgan fingerprint density at radius 3 is 2.53 bits per heavy atom. The summed E-state index contributed by atoms with van der Waals surface area (Å²) >= 11 is 4.49. The summed E-state index contributed by atoms with van der Waals surface area (Å²) in [5.74, 6) is 0.637. The molecule has 1 aromatic heterocycles. The minimum absolute atomic E-state index is 0.464. The molecule has 15 heavy (non-hydrogen) atoms. The molecule has 2 aromatic rings. The molecule has 0 atom stereocenters. The molecule has 1 aromatic carbocycles. The van der Waals surface area contributed by atoms with E-state index in [2.05, 4.69) is 26.1 Å². The Bertz CT molecular complexity index is 503. The molecule has 2 rings (SSSR count). The summed E-state index contributed by atoms with van der Waals surface area (Å²) in [6.07, 6.45) is 0. The van der Waals surface area contributed by atoms with Crippen molar-refractivity contribution in [3.8, 4) is 17.0 Å². The monoisotopic (exact) mass is 281 g/mol. The number of hydrogen-bond acceptors (Lipinski definition) is 5. The molecule has 0 aliphatic rings. The van der Waals surface area contributed by atoms with E-state index < -0.39 is 0 Å². The first-order valence-corrected chi connectivity index (χ1v) is 5.56. The van der Waals surface area contributed by atoms with Gasteiger partial charge < -0.3 is 4.74 Å². The Kier molecular flexibility index (Phi) is 2.94. The van der Waals surface area contributed by atoms with Crippen LogP contribution >= 0.6 is 27.3 Å². The molecule has 0 bridgehead atoms. The van der Waals surface area contributed by atoms with Crippen LogP contribution < -0.4 is 4.74 Å². The Balaban J connectivity index is 2.15. The maximum Gasteiger partial charge on any atom is 0.300 e. The van der Waals surface area contributed by atoms with Crippen LogP contribution in [-0.2, 0) is 0 Å². The molecule has 0 aliphatic heterocycles. The Hall–Kier alpha value is -1.45. The van der Waals surface area contributed by atoms with E-state index in [1.807, 2.05) is 6.07 Å². The Morgan fingerprint density at radius 1 is 1.27 bits per heavy atom. The van der Waals surface area contributed by atoms with E-state index in [9.17, 15) is 0 Å². The summed E-state index contributed by atoms with van der Waals surface area (Å²) in [6.45, 7) is 0. The van der Waals surface area contributed by atoms with Crippen LogP contribution in [0, 0.1) is 11.3 Å². The first kappa shape index (κ1) is 10.1. The third-order valence-electron chi connectivity index (χ3n) is 1.57. The van der Waals surface area contributed by atoms with Gasteiger partial charge in [0.25, 0.3) is 5.19 Å². The van der Waals surface area contributed by atoms with Crippen molar-refractivity contribution in [2.75, 3.05) is 0 Å². The van der Waals surface area contributed by atoms with Crippen molar-refractivity contribution >= 4 is 27.3 Å². The fourth-order valence-corrected chi connectivity index (χ4v) is 1.87. The van der Waals surface area contributed by atoms with Crippen molar-refractivity contribution in [2.24, 2.45) is 0 Å². The lowest BCUT2D eigenvalue weighted by Gasteiger charge is -1.99. The quantitative estimate of drug-likeness (QED) is 0.849. The number of nitrogens with zero attached hydrogens (tertiary/aromatic N) is 3. The van der Waals surface area contributed by atoms with Gasteiger partial charge in [-0.15, -0.1) is 5.10 Å². The largest absolute Gasteiger partial charge is 0.430 e. The van der Waals surface area contributed by atoms with E-state index in [0.717, 1.165) is 0 Å². The number of aromatic nitrogens is 2. The lowest BCUT2D eigenvalue weighted by atomic mass is 10.2. The van der Waals surface area contributed by atoms with Crippen LogP contribution in [0.25, 0.3) is 0 Å². The normalized spacial score (nSPS) is 9.60. The molecule has 0 radical (unpaired) electrons. The van der Waals surface area contributed by atoms with Crippen LogP contribution in [0.3, 0.4) is 0 Å². The van der Waals surface area contributed by atoms with Crippen molar-refractivity contribution in [1.82, 2.24) is 10.2 Å². The lowest BCUT2D eigenvalue weighted by molar-refractivity contribution is 0.473. The van der Waals surface area contributed by atoms with Crippen molar-refractivity contribution in [1.29, 1.82) is 5.26 Å². The number of ether oxygens (including phenoxy) is 1. The fourth-order valence-electron chi connectivity index (χ4n) is 0.933. The van der Waals surface area contributed by atoms with Gasteiger partial charge >= 0.3 is 0 Å². The number of halogens is 1. The number of nitriles is 1. The average molecular weight is 282 g/mol. The molecule has 0 amide bonds. The maximum absolute atomic E-state index is 8.60. The molecule has 0 saturated carbocycles. The molecule has 74 valence electrons. The Labute approximate surface area is 98.3 Å². The van der Waals surface area contributed by atoms with Gasteiger partial charge in [-0.05, 0) is 51.5 Å². The van der Waals surface area contributed by atoms with E-state index in [4.69, 9.17) is 10.00 Å².